The number of hydrogen-bond acceptors (Lipinski definition) is 7. The van der Waals surface area contributed by atoms with Gasteiger partial charge < -0.3 is 14.8 Å². The number of halogens is 2. The highest BCUT2D eigenvalue weighted by Gasteiger charge is 2.36. The quantitative estimate of drug-likeness (QED) is 0.251. The van der Waals surface area contributed by atoms with Gasteiger partial charge >= 0.3 is 0 Å². The van der Waals surface area contributed by atoms with Crippen LogP contribution in [0.5, 0.6) is 11.5 Å². The SMILES string of the molecule is CCOc1ccc(NC(=O)CN2C(=O)S/C(=C/c3cc(Br)c(OCc4ccccc4C#N)c(Br)c3)C2=O)cc1. The monoisotopic (exact) mass is 669 g/mol. The molecule has 0 spiro atoms. The van der Waals surface area contributed by atoms with Crippen molar-refractivity contribution in [3.05, 3.63) is 91.2 Å². The molecule has 0 aliphatic carbocycles. The summed E-state index contributed by atoms with van der Waals surface area (Å²) in [5, 5.41) is 11.4. The maximum Gasteiger partial charge on any atom is 0.294 e. The van der Waals surface area contributed by atoms with Gasteiger partial charge in [0.15, 0.2) is 0 Å². The van der Waals surface area contributed by atoms with E-state index in [9.17, 15) is 19.6 Å². The van der Waals surface area contributed by atoms with Gasteiger partial charge in [0, 0.05) is 11.3 Å². The van der Waals surface area contributed by atoms with Crippen LogP contribution in [0.4, 0.5) is 10.5 Å². The summed E-state index contributed by atoms with van der Waals surface area (Å²) in [6.07, 6.45) is 1.58. The summed E-state index contributed by atoms with van der Waals surface area (Å²) in [7, 11) is 0. The van der Waals surface area contributed by atoms with Crippen molar-refractivity contribution < 1.29 is 23.9 Å². The van der Waals surface area contributed by atoms with Crippen LogP contribution in [-0.2, 0) is 16.2 Å². The van der Waals surface area contributed by atoms with Gasteiger partial charge in [-0.2, -0.15) is 5.26 Å². The number of amides is 3. The number of ether oxygens (including phenoxy) is 2. The molecule has 1 aliphatic heterocycles. The fourth-order valence-corrected chi connectivity index (χ4v) is 5.93. The minimum atomic E-state index is -0.549. The second-order valence-electron chi connectivity index (χ2n) is 8.14. The summed E-state index contributed by atoms with van der Waals surface area (Å²) < 4.78 is 12.6. The number of thioether (sulfide) groups is 1. The second kappa shape index (κ2) is 13.0. The highest BCUT2D eigenvalue weighted by atomic mass is 79.9. The predicted octanol–water partition coefficient (Wildman–Crippen LogP) is 6.74. The van der Waals surface area contributed by atoms with E-state index >= 15 is 0 Å². The van der Waals surface area contributed by atoms with Crippen molar-refractivity contribution in [1.29, 1.82) is 5.26 Å². The fourth-order valence-electron chi connectivity index (χ4n) is 3.64. The smallest absolute Gasteiger partial charge is 0.294 e. The van der Waals surface area contributed by atoms with E-state index in [1.54, 1.807) is 54.6 Å². The lowest BCUT2D eigenvalue weighted by Gasteiger charge is -2.13. The van der Waals surface area contributed by atoms with Gasteiger partial charge in [-0.1, -0.05) is 18.2 Å². The summed E-state index contributed by atoms with van der Waals surface area (Å²) in [6.45, 7) is 2.20. The minimum absolute atomic E-state index is 0.192. The summed E-state index contributed by atoms with van der Waals surface area (Å²) >= 11 is 7.76. The topological polar surface area (TPSA) is 109 Å². The van der Waals surface area contributed by atoms with E-state index in [1.165, 1.54) is 0 Å². The molecule has 1 fully saturated rings. The van der Waals surface area contributed by atoms with Crippen molar-refractivity contribution in [1.82, 2.24) is 4.90 Å². The Morgan fingerprint density at radius 2 is 1.77 bits per heavy atom. The molecule has 1 saturated heterocycles. The molecule has 198 valence electrons. The first-order valence-corrected chi connectivity index (χ1v) is 14.1. The third kappa shape index (κ3) is 7.09. The number of nitriles is 1. The van der Waals surface area contributed by atoms with Gasteiger partial charge in [0.1, 0.15) is 24.7 Å². The van der Waals surface area contributed by atoms with Crippen LogP contribution in [0, 0.1) is 11.3 Å². The zero-order valence-electron chi connectivity index (χ0n) is 20.6. The first-order chi connectivity index (χ1) is 18.8. The van der Waals surface area contributed by atoms with E-state index in [0.717, 1.165) is 22.2 Å². The lowest BCUT2D eigenvalue weighted by Crippen LogP contribution is -2.36. The normalized spacial score (nSPS) is 13.9. The van der Waals surface area contributed by atoms with Crippen molar-refractivity contribution in [3.63, 3.8) is 0 Å². The summed E-state index contributed by atoms with van der Waals surface area (Å²) in [5.74, 6) is 0.160. The highest BCUT2D eigenvalue weighted by molar-refractivity contribution is 9.11. The van der Waals surface area contributed by atoms with Crippen LogP contribution in [0.3, 0.4) is 0 Å². The van der Waals surface area contributed by atoms with Gasteiger partial charge in [0.25, 0.3) is 11.1 Å². The van der Waals surface area contributed by atoms with Crippen LogP contribution >= 0.6 is 43.6 Å². The molecule has 1 N–H and O–H groups in total. The van der Waals surface area contributed by atoms with Crippen molar-refractivity contribution in [2.45, 2.75) is 13.5 Å². The van der Waals surface area contributed by atoms with Gasteiger partial charge in [-0.15, -0.1) is 0 Å². The molecule has 4 rings (SSSR count). The van der Waals surface area contributed by atoms with E-state index in [0.29, 0.717) is 43.9 Å². The van der Waals surface area contributed by atoms with E-state index in [1.807, 2.05) is 19.1 Å². The third-order valence-corrected chi connectivity index (χ3v) is 7.54. The Labute approximate surface area is 246 Å². The maximum atomic E-state index is 12.9. The van der Waals surface area contributed by atoms with Crippen LogP contribution in [0.1, 0.15) is 23.6 Å². The van der Waals surface area contributed by atoms with E-state index in [4.69, 9.17) is 9.47 Å². The maximum absolute atomic E-state index is 12.9. The number of nitrogens with one attached hydrogen (secondary N) is 1. The van der Waals surface area contributed by atoms with E-state index in [2.05, 4.69) is 43.2 Å². The zero-order valence-corrected chi connectivity index (χ0v) is 24.6. The number of nitrogens with zero attached hydrogens (tertiary/aromatic N) is 2. The lowest BCUT2D eigenvalue weighted by molar-refractivity contribution is -0.127. The Morgan fingerprint density at radius 3 is 2.44 bits per heavy atom. The van der Waals surface area contributed by atoms with Crippen LogP contribution in [0.2, 0.25) is 0 Å². The Balaban J connectivity index is 1.42. The molecule has 3 amide bonds. The van der Waals surface area contributed by atoms with Gasteiger partial charge in [-0.25, -0.2) is 0 Å². The molecule has 0 unspecified atom stereocenters. The summed E-state index contributed by atoms with van der Waals surface area (Å²) in [5.41, 5.74) is 2.45. The highest BCUT2D eigenvalue weighted by Crippen LogP contribution is 2.38. The van der Waals surface area contributed by atoms with Crippen molar-refractivity contribution in [2.75, 3.05) is 18.5 Å². The molecule has 3 aromatic carbocycles. The average molecular weight is 671 g/mol. The number of carbonyl (C=O) groups is 3. The molecule has 0 bridgehead atoms. The molecule has 1 heterocycles. The number of rotatable bonds is 9. The second-order valence-corrected chi connectivity index (χ2v) is 10.8. The lowest BCUT2D eigenvalue weighted by atomic mass is 10.1. The van der Waals surface area contributed by atoms with Crippen LogP contribution in [0.15, 0.2) is 74.5 Å². The van der Waals surface area contributed by atoms with Crippen LogP contribution in [-0.4, -0.2) is 35.1 Å². The van der Waals surface area contributed by atoms with Crippen molar-refractivity contribution in [2.24, 2.45) is 0 Å². The third-order valence-electron chi connectivity index (χ3n) is 5.45. The molecule has 3 aromatic rings. The number of anilines is 1. The molecule has 0 radical (unpaired) electrons. The standard InChI is InChI=1S/C28H21Br2N3O5S/c1-2-37-21-9-7-20(8-10-21)32-25(34)15-33-27(35)24(39-28(33)36)13-17-11-22(29)26(23(30)12-17)38-16-19-6-4-3-5-18(19)14-31/h3-13H,2,15-16H2,1H3,(H,32,34)/b24-13+. The number of benzene rings is 3. The molecule has 11 heteroatoms. The van der Waals surface area contributed by atoms with Gasteiger partial charge in [-0.05, 0) is 105 Å². The Kier molecular flexibility index (Phi) is 9.45. The number of carbonyl (C=O) groups excluding carboxylic acids is 3. The van der Waals surface area contributed by atoms with Gasteiger partial charge in [0.05, 0.1) is 32.1 Å². The largest absolute Gasteiger partial charge is 0.494 e. The zero-order chi connectivity index (χ0) is 27.9. The minimum Gasteiger partial charge on any atom is -0.494 e. The molecular formula is C28H21Br2N3O5S. The molecule has 1 aliphatic rings. The fraction of sp³-hybridized carbons (Fsp3) is 0.143. The predicted molar refractivity (Wildman–Crippen MR) is 156 cm³/mol. The molecule has 0 atom stereocenters. The molecule has 39 heavy (non-hydrogen) atoms. The first kappa shape index (κ1) is 28.4. The summed E-state index contributed by atoms with van der Waals surface area (Å²) in [6, 6.07) is 19.6. The Morgan fingerprint density at radius 1 is 1.08 bits per heavy atom. The van der Waals surface area contributed by atoms with E-state index < -0.39 is 23.6 Å². The number of hydrogen-bond donors (Lipinski definition) is 1. The average Bonchev–Trinajstić information content (AvgIpc) is 3.16. The molecular weight excluding hydrogens is 650 g/mol. The van der Waals surface area contributed by atoms with E-state index in [-0.39, 0.29) is 11.5 Å². The van der Waals surface area contributed by atoms with Gasteiger partial charge in [-0.3, -0.25) is 19.3 Å². The number of imide groups is 1. The van der Waals surface area contributed by atoms with Crippen LogP contribution < -0.4 is 14.8 Å². The van der Waals surface area contributed by atoms with Gasteiger partial charge in [0.2, 0.25) is 5.91 Å². The van der Waals surface area contributed by atoms with Crippen LogP contribution in [0.25, 0.3) is 6.08 Å². The first-order valence-electron chi connectivity index (χ1n) is 11.7. The Bertz CT molecular complexity index is 1480. The summed E-state index contributed by atoms with van der Waals surface area (Å²) in [4.78, 5) is 39.1. The van der Waals surface area contributed by atoms with Crippen molar-refractivity contribution in [3.8, 4) is 17.6 Å². The Hall–Kier alpha value is -3.59. The molecule has 8 nitrogen and oxygen atoms in total. The molecule has 0 aromatic heterocycles. The van der Waals surface area contributed by atoms with Crippen molar-refractivity contribution >= 4 is 72.4 Å². The molecule has 0 saturated carbocycles.